The van der Waals surface area contributed by atoms with Gasteiger partial charge in [-0.2, -0.15) is 5.10 Å². The van der Waals surface area contributed by atoms with Gasteiger partial charge in [0, 0.05) is 24.8 Å². The molecule has 0 aromatic carbocycles. The van der Waals surface area contributed by atoms with Gasteiger partial charge in [-0.3, -0.25) is 5.10 Å². The fourth-order valence-electron chi connectivity index (χ4n) is 1.83. The van der Waals surface area contributed by atoms with E-state index >= 15 is 0 Å². The Bertz CT molecular complexity index is 423. The fourth-order valence-corrected chi connectivity index (χ4v) is 1.83. The van der Waals surface area contributed by atoms with E-state index in [1.807, 2.05) is 26.8 Å². The number of amides is 1. The second kappa shape index (κ2) is 7.45. The molecule has 3 N–H and O–H groups in total. The monoisotopic (exact) mass is 296 g/mol. The number of aromatic nitrogens is 2. The van der Waals surface area contributed by atoms with Gasteiger partial charge in [0.1, 0.15) is 5.60 Å². The summed E-state index contributed by atoms with van der Waals surface area (Å²) < 4.78 is 5.30. The molecule has 1 heterocycles. The molecule has 0 saturated heterocycles. The third kappa shape index (κ3) is 6.62. The Balaban J connectivity index is 2.48. The molecule has 1 aromatic heterocycles. The summed E-state index contributed by atoms with van der Waals surface area (Å²) in [4.78, 5) is 11.9. The van der Waals surface area contributed by atoms with Crippen LogP contribution in [0.3, 0.4) is 0 Å². The van der Waals surface area contributed by atoms with E-state index in [9.17, 15) is 4.79 Å². The van der Waals surface area contributed by atoms with E-state index in [1.54, 1.807) is 6.20 Å². The molecular weight excluding hydrogens is 268 g/mol. The van der Waals surface area contributed by atoms with Gasteiger partial charge in [-0.15, -0.1) is 0 Å². The summed E-state index contributed by atoms with van der Waals surface area (Å²) >= 11 is 0. The van der Waals surface area contributed by atoms with Crippen molar-refractivity contribution in [2.24, 2.45) is 5.92 Å². The topological polar surface area (TPSA) is 79.0 Å². The summed E-state index contributed by atoms with van der Waals surface area (Å²) in [5.41, 5.74) is 0.539. The highest BCUT2D eigenvalue weighted by molar-refractivity contribution is 5.68. The number of carbonyl (C=O) groups is 1. The molecule has 0 aliphatic rings. The summed E-state index contributed by atoms with van der Waals surface area (Å²) in [6, 6.07) is 2.09. The average molecular weight is 296 g/mol. The first kappa shape index (κ1) is 17.5. The van der Waals surface area contributed by atoms with E-state index in [2.05, 4.69) is 41.6 Å². The highest BCUT2D eigenvalue weighted by Gasteiger charge is 2.22. The van der Waals surface area contributed by atoms with Crippen molar-refractivity contribution in [3.63, 3.8) is 0 Å². The molecule has 2 unspecified atom stereocenters. The third-order valence-electron chi connectivity index (χ3n) is 3.14. The first-order valence-corrected chi connectivity index (χ1v) is 7.41. The SMILES string of the molecule is CC(NCC(NC(=O)OC(C)(C)C)C(C)C)c1ccn[nH]1. The molecule has 0 aliphatic heterocycles. The molecule has 0 fully saturated rings. The molecule has 0 saturated carbocycles. The number of alkyl carbamates (subject to hydrolysis) is 1. The second-order valence-electron chi connectivity index (χ2n) is 6.64. The van der Waals surface area contributed by atoms with Gasteiger partial charge >= 0.3 is 6.09 Å². The highest BCUT2D eigenvalue weighted by Crippen LogP contribution is 2.10. The van der Waals surface area contributed by atoms with Gasteiger partial charge in [0.15, 0.2) is 0 Å². The van der Waals surface area contributed by atoms with Crippen molar-refractivity contribution >= 4 is 6.09 Å². The quantitative estimate of drug-likeness (QED) is 0.754. The molecule has 1 rings (SSSR count). The van der Waals surface area contributed by atoms with E-state index in [0.717, 1.165) is 5.69 Å². The molecule has 6 nitrogen and oxygen atoms in total. The van der Waals surface area contributed by atoms with Crippen LogP contribution in [0.5, 0.6) is 0 Å². The lowest BCUT2D eigenvalue weighted by molar-refractivity contribution is 0.0489. The number of hydrogen-bond donors (Lipinski definition) is 3. The molecule has 6 heteroatoms. The largest absolute Gasteiger partial charge is 0.444 e. The molecule has 0 bridgehead atoms. The van der Waals surface area contributed by atoms with Crippen molar-refractivity contribution in [2.75, 3.05) is 6.54 Å². The van der Waals surface area contributed by atoms with Crippen LogP contribution in [-0.2, 0) is 4.74 Å². The molecule has 0 aliphatic carbocycles. The van der Waals surface area contributed by atoms with Crippen LogP contribution < -0.4 is 10.6 Å². The van der Waals surface area contributed by atoms with Crippen LogP contribution in [0.2, 0.25) is 0 Å². The van der Waals surface area contributed by atoms with Crippen molar-refractivity contribution in [1.82, 2.24) is 20.8 Å². The maximum atomic E-state index is 11.9. The number of aromatic amines is 1. The predicted molar refractivity (Wildman–Crippen MR) is 83.0 cm³/mol. The van der Waals surface area contributed by atoms with Gasteiger partial charge in [-0.05, 0) is 39.7 Å². The van der Waals surface area contributed by atoms with Crippen LogP contribution in [0.4, 0.5) is 4.79 Å². The Morgan fingerprint density at radius 2 is 2.05 bits per heavy atom. The molecule has 1 amide bonds. The van der Waals surface area contributed by atoms with Crippen molar-refractivity contribution < 1.29 is 9.53 Å². The van der Waals surface area contributed by atoms with Crippen LogP contribution in [-0.4, -0.2) is 34.5 Å². The van der Waals surface area contributed by atoms with Gasteiger partial charge in [0.05, 0.1) is 5.69 Å². The Morgan fingerprint density at radius 1 is 1.38 bits per heavy atom. The minimum absolute atomic E-state index is 0.00483. The maximum absolute atomic E-state index is 11.9. The van der Waals surface area contributed by atoms with E-state index in [1.165, 1.54) is 0 Å². The van der Waals surface area contributed by atoms with Crippen molar-refractivity contribution in [3.8, 4) is 0 Å². The lowest BCUT2D eigenvalue weighted by Crippen LogP contribution is -2.47. The lowest BCUT2D eigenvalue weighted by Gasteiger charge is -2.27. The van der Waals surface area contributed by atoms with Gasteiger partial charge in [-0.1, -0.05) is 13.8 Å². The van der Waals surface area contributed by atoms with Gasteiger partial charge < -0.3 is 15.4 Å². The Morgan fingerprint density at radius 3 is 2.52 bits per heavy atom. The smallest absolute Gasteiger partial charge is 0.407 e. The van der Waals surface area contributed by atoms with E-state index in [4.69, 9.17) is 4.74 Å². The lowest BCUT2D eigenvalue weighted by atomic mass is 10.0. The summed E-state index contributed by atoms with van der Waals surface area (Å²) in [5.74, 6) is 0.305. The standard InChI is InChI=1S/C15H28N4O2/c1-10(2)13(18-14(20)21-15(4,5)6)9-16-11(3)12-7-8-17-19-12/h7-8,10-11,13,16H,9H2,1-6H3,(H,17,19)(H,18,20). The Labute approximate surface area is 127 Å². The first-order chi connectivity index (χ1) is 9.69. The maximum Gasteiger partial charge on any atom is 0.407 e. The van der Waals surface area contributed by atoms with Crippen molar-refractivity contribution in [2.45, 2.75) is 59.2 Å². The zero-order valence-electron chi connectivity index (χ0n) is 13.9. The summed E-state index contributed by atoms with van der Waals surface area (Å²) in [7, 11) is 0. The Kier molecular flexibility index (Phi) is 6.20. The molecule has 120 valence electrons. The molecule has 0 radical (unpaired) electrons. The number of carbonyl (C=O) groups excluding carboxylic acids is 1. The predicted octanol–water partition coefficient (Wildman–Crippen LogP) is 2.61. The van der Waals surface area contributed by atoms with E-state index in [0.29, 0.717) is 12.5 Å². The number of ether oxygens (including phenoxy) is 1. The van der Waals surface area contributed by atoms with Gasteiger partial charge in [-0.25, -0.2) is 4.79 Å². The fraction of sp³-hybridized carbons (Fsp3) is 0.733. The summed E-state index contributed by atoms with van der Waals surface area (Å²) in [5, 5.41) is 13.2. The number of nitrogens with zero attached hydrogens (tertiary/aromatic N) is 1. The highest BCUT2D eigenvalue weighted by atomic mass is 16.6. The van der Waals surface area contributed by atoms with E-state index in [-0.39, 0.29) is 18.2 Å². The van der Waals surface area contributed by atoms with Crippen LogP contribution in [0.1, 0.15) is 53.3 Å². The number of H-pyrrole nitrogens is 1. The number of hydrogen-bond acceptors (Lipinski definition) is 4. The average Bonchev–Trinajstić information content (AvgIpc) is 2.85. The normalized spacial score (nSPS) is 14.8. The molecule has 2 atom stereocenters. The summed E-state index contributed by atoms with van der Waals surface area (Å²) in [6.07, 6.45) is 1.35. The zero-order chi connectivity index (χ0) is 16.0. The molecule has 1 aromatic rings. The number of rotatable bonds is 6. The Hall–Kier alpha value is -1.56. The van der Waals surface area contributed by atoms with Gasteiger partial charge in [0.25, 0.3) is 0 Å². The van der Waals surface area contributed by atoms with Crippen LogP contribution in [0, 0.1) is 5.92 Å². The van der Waals surface area contributed by atoms with Crippen LogP contribution >= 0.6 is 0 Å². The molecular formula is C15H28N4O2. The molecule has 21 heavy (non-hydrogen) atoms. The van der Waals surface area contributed by atoms with E-state index < -0.39 is 5.60 Å². The third-order valence-corrected chi connectivity index (χ3v) is 3.14. The number of nitrogens with one attached hydrogen (secondary N) is 3. The van der Waals surface area contributed by atoms with Crippen LogP contribution in [0.25, 0.3) is 0 Å². The second-order valence-corrected chi connectivity index (χ2v) is 6.64. The minimum atomic E-state index is -0.484. The first-order valence-electron chi connectivity index (χ1n) is 7.41. The minimum Gasteiger partial charge on any atom is -0.444 e. The molecule has 0 spiro atoms. The zero-order valence-corrected chi connectivity index (χ0v) is 13.9. The van der Waals surface area contributed by atoms with Crippen molar-refractivity contribution in [3.05, 3.63) is 18.0 Å². The van der Waals surface area contributed by atoms with Crippen LogP contribution in [0.15, 0.2) is 12.3 Å². The van der Waals surface area contributed by atoms with Gasteiger partial charge in [0.2, 0.25) is 0 Å². The summed E-state index contributed by atoms with van der Waals surface area (Å²) in [6.45, 7) is 12.4. The van der Waals surface area contributed by atoms with Crippen molar-refractivity contribution in [1.29, 1.82) is 0 Å².